The van der Waals surface area contributed by atoms with Gasteiger partial charge in [-0.3, -0.25) is 14.9 Å². The average molecular weight is 591 g/mol. The number of nitrogens with zero attached hydrogens (tertiary/aromatic N) is 3. The van der Waals surface area contributed by atoms with Gasteiger partial charge in [-0.25, -0.2) is 0 Å². The first-order valence-electron chi connectivity index (χ1n) is 14.8. The molecule has 0 saturated carbocycles. The van der Waals surface area contributed by atoms with Crippen molar-refractivity contribution >= 4 is 24.3 Å². The Morgan fingerprint density at radius 1 is 0.698 bits per heavy atom. The number of methoxy groups -OCH3 is 2. The van der Waals surface area contributed by atoms with Crippen LogP contribution in [-0.4, -0.2) is 113 Å². The molecule has 0 atom stereocenters. The van der Waals surface area contributed by atoms with Gasteiger partial charge >= 0.3 is 0 Å². The molecule has 2 saturated heterocycles. The average Bonchev–Trinajstić information content (AvgIpc) is 3.52. The third kappa shape index (κ3) is 9.33. The van der Waals surface area contributed by atoms with Gasteiger partial charge in [0.25, 0.3) is 0 Å². The molecule has 2 aliphatic rings. The highest BCUT2D eigenvalue weighted by atomic mass is 16.5. The first-order chi connectivity index (χ1) is 21.2. The van der Waals surface area contributed by atoms with E-state index in [4.69, 9.17) is 28.4 Å². The molecule has 5 rings (SSSR count). The Kier molecular flexibility index (Phi) is 11.5. The van der Waals surface area contributed by atoms with E-state index in [2.05, 4.69) is 20.0 Å². The van der Waals surface area contributed by atoms with Crippen LogP contribution in [-0.2, 0) is 9.47 Å². The second kappa shape index (κ2) is 16.1. The largest absolute Gasteiger partial charge is 0.496 e. The molecule has 230 valence electrons. The van der Waals surface area contributed by atoms with Crippen LogP contribution in [0.5, 0.6) is 23.0 Å². The molecule has 0 spiro atoms. The van der Waals surface area contributed by atoms with Gasteiger partial charge in [0, 0.05) is 62.5 Å². The van der Waals surface area contributed by atoms with Gasteiger partial charge in [-0.2, -0.15) is 5.10 Å². The topological polar surface area (TPSA) is 90.5 Å². The van der Waals surface area contributed by atoms with Crippen molar-refractivity contribution in [1.82, 2.24) is 20.0 Å². The van der Waals surface area contributed by atoms with Crippen LogP contribution in [0.1, 0.15) is 22.5 Å². The fraction of sp³-hybridized carbons (Fsp3) is 0.424. The van der Waals surface area contributed by atoms with Crippen LogP contribution in [0.2, 0.25) is 0 Å². The highest BCUT2D eigenvalue weighted by Crippen LogP contribution is 2.28. The van der Waals surface area contributed by atoms with Crippen LogP contribution in [0, 0.1) is 0 Å². The van der Waals surface area contributed by atoms with E-state index in [0.717, 1.165) is 111 Å². The maximum absolute atomic E-state index is 5.97. The number of aromatic nitrogens is 2. The minimum absolute atomic E-state index is 0.626. The molecule has 3 heterocycles. The summed E-state index contributed by atoms with van der Waals surface area (Å²) in [5, 5.41) is 7.50. The zero-order chi connectivity index (χ0) is 29.7. The molecule has 0 aliphatic carbocycles. The standard InChI is InChI=1S/C33H42N4O6/c1-38-32-24-30(42-21-15-36-11-17-40-18-12-36)9-5-26(32)3-7-28-23-29(35-34-28)8-4-27-6-10-31(25-33(27)39-2)43-22-16-37-13-19-41-20-14-37/h3-10,23-25H,11-22H2,1-2H3,(H,34,35). The molecule has 3 aromatic rings. The van der Waals surface area contributed by atoms with E-state index >= 15 is 0 Å². The second-order valence-electron chi connectivity index (χ2n) is 10.3. The molecule has 2 fully saturated rings. The van der Waals surface area contributed by atoms with Crippen LogP contribution in [0.15, 0.2) is 42.5 Å². The molecule has 0 bridgehead atoms. The molecular formula is C33H42N4O6. The van der Waals surface area contributed by atoms with Crippen molar-refractivity contribution in [2.24, 2.45) is 0 Å². The van der Waals surface area contributed by atoms with Gasteiger partial charge < -0.3 is 28.4 Å². The fourth-order valence-corrected chi connectivity index (χ4v) is 4.95. The summed E-state index contributed by atoms with van der Waals surface area (Å²) in [4.78, 5) is 4.70. The summed E-state index contributed by atoms with van der Waals surface area (Å²) >= 11 is 0. The summed E-state index contributed by atoms with van der Waals surface area (Å²) in [5.74, 6) is 3.08. The molecular weight excluding hydrogens is 548 g/mol. The third-order valence-electron chi connectivity index (χ3n) is 7.46. The van der Waals surface area contributed by atoms with Crippen LogP contribution < -0.4 is 18.9 Å². The van der Waals surface area contributed by atoms with Gasteiger partial charge in [0.1, 0.15) is 36.2 Å². The fourth-order valence-electron chi connectivity index (χ4n) is 4.95. The number of rotatable bonds is 14. The van der Waals surface area contributed by atoms with Crippen LogP contribution >= 0.6 is 0 Å². The molecule has 0 amide bonds. The maximum Gasteiger partial charge on any atom is 0.129 e. The molecule has 0 unspecified atom stereocenters. The molecule has 10 heteroatoms. The monoisotopic (exact) mass is 590 g/mol. The Labute approximate surface area is 253 Å². The highest BCUT2D eigenvalue weighted by molar-refractivity contribution is 5.75. The summed E-state index contributed by atoms with van der Waals surface area (Å²) in [6, 6.07) is 13.8. The number of ether oxygens (including phenoxy) is 6. The summed E-state index contributed by atoms with van der Waals surface area (Å²) in [7, 11) is 3.34. The van der Waals surface area contributed by atoms with E-state index in [-0.39, 0.29) is 0 Å². The number of hydrogen-bond donors (Lipinski definition) is 1. The van der Waals surface area contributed by atoms with E-state index in [1.165, 1.54) is 0 Å². The quantitative estimate of drug-likeness (QED) is 0.297. The summed E-state index contributed by atoms with van der Waals surface area (Å²) in [6.45, 7) is 9.98. The Morgan fingerprint density at radius 3 is 1.72 bits per heavy atom. The Balaban J connectivity index is 1.13. The van der Waals surface area contributed by atoms with E-state index in [1.54, 1.807) is 14.2 Å². The Morgan fingerprint density at radius 2 is 1.21 bits per heavy atom. The van der Waals surface area contributed by atoms with Gasteiger partial charge in [-0.1, -0.05) is 0 Å². The molecule has 43 heavy (non-hydrogen) atoms. The number of aromatic amines is 1. The summed E-state index contributed by atoms with van der Waals surface area (Å²) in [6.07, 6.45) is 7.91. The molecule has 2 aliphatic heterocycles. The van der Waals surface area contributed by atoms with Crippen molar-refractivity contribution < 1.29 is 28.4 Å². The lowest BCUT2D eigenvalue weighted by atomic mass is 10.1. The minimum Gasteiger partial charge on any atom is -0.496 e. The van der Waals surface area contributed by atoms with Crippen molar-refractivity contribution in [2.75, 3.05) is 93.1 Å². The first kappa shape index (κ1) is 30.6. The molecule has 0 radical (unpaired) electrons. The maximum atomic E-state index is 5.97. The van der Waals surface area contributed by atoms with Crippen molar-refractivity contribution in [2.45, 2.75) is 0 Å². The van der Waals surface area contributed by atoms with Gasteiger partial charge in [0.2, 0.25) is 0 Å². The van der Waals surface area contributed by atoms with Crippen LogP contribution in [0.3, 0.4) is 0 Å². The van der Waals surface area contributed by atoms with Crippen molar-refractivity contribution in [3.8, 4) is 23.0 Å². The zero-order valence-electron chi connectivity index (χ0n) is 25.1. The molecule has 1 N–H and O–H groups in total. The number of H-pyrrole nitrogens is 1. The Hall–Kier alpha value is -3.83. The lowest BCUT2D eigenvalue weighted by molar-refractivity contribution is 0.0321. The van der Waals surface area contributed by atoms with Gasteiger partial charge in [-0.15, -0.1) is 0 Å². The van der Waals surface area contributed by atoms with Gasteiger partial charge in [-0.05, 0) is 54.6 Å². The molecule has 2 aromatic carbocycles. The first-order valence-corrected chi connectivity index (χ1v) is 14.8. The second-order valence-corrected chi connectivity index (χ2v) is 10.3. The third-order valence-corrected chi connectivity index (χ3v) is 7.46. The predicted molar refractivity (Wildman–Crippen MR) is 168 cm³/mol. The number of benzene rings is 2. The zero-order valence-corrected chi connectivity index (χ0v) is 25.1. The van der Waals surface area contributed by atoms with E-state index in [0.29, 0.717) is 13.2 Å². The highest BCUT2D eigenvalue weighted by Gasteiger charge is 2.12. The number of nitrogens with one attached hydrogen (secondary N) is 1. The lowest BCUT2D eigenvalue weighted by Gasteiger charge is -2.26. The van der Waals surface area contributed by atoms with Gasteiger partial charge in [0.05, 0.1) is 52.0 Å². The SMILES string of the molecule is COc1cc(OCCN2CCOCC2)ccc1C=Cc1cc(C=Cc2ccc(OCCN3CCOCC3)cc2OC)[nH]n1. The lowest BCUT2D eigenvalue weighted by Crippen LogP contribution is -2.38. The normalized spacial score (nSPS) is 16.6. The predicted octanol–water partition coefficient (Wildman–Crippen LogP) is 4.19. The smallest absolute Gasteiger partial charge is 0.129 e. The number of morpholine rings is 2. The Bertz CT molecular complexity index is 1240. The van der Waals surface area contributed by atoms with Crippen molar-refractivity contribution in [3.05, 3.63) is 65.0 Å². The van der Waals surface area contributed by atoms with Crippen LogP contribution in [0.25, 0.3) is 24.3 Å². The molecule has 1 aromatic heterocycles. The van der Waals surface area contributed by atoms with Crippen LogP contribution in [0.4, 0.5) is 0 Å². The van der Waals surface area contributed by atoms with E-state index < -0.39 is 0 Å². The summed E-state index contributed by atoms with van der Waals surface area (Å²) < 4.78 is 34.0. The van der Waals surface area contributed by atoms with Crippen molar-refractivity contribution in [3.63, 3.8) is 0 Å². The van der Waals surface area contributed by atoms with E-state index in [1.807, 2.05) is 66.8 Å². The summed E-state index contributed by atoms with van der Waals surface area (Å²) in [5.41, 5.74) is 3.58. The number of hydrogen-bond acceptors (Lipinski definition) is 9. The van der Waals surface area contributed by atoms with Crippen molar-refractivity contribution in [1.29, 1.82) is 0 Å². The minimum atomic E-state index is 0.626. The molecule has 10 nitrogen and oxygen atoms in total. The van der Waals surface area contributed by atoms with Gasteiger partial charge in [0.15, 0.2) is 0 Å². The van der Waals surface area contributed by atoms with E-state index in [9.17, 15) is 0 Å².